The molecule has 0 bridgehead atoms. The maximum absolute atomic E-state index is 11.6. The summed E-state index contributed by atoms with van der Waals surface area (Å²) < 4.78 is 5.05. The molecule has 0 aliphatic carbocycles. The number of para-hydroxylation sites is 1. The first-order chi connectivity index (χ1) is 8.15. The number of phenols is 1. The number of phenolic OH excluding ortho intramolecular Hbond substituents is 1. The average molecular weight is 238 g/mol. The molecule has 0 fully saturated rings. The molecule has 1 rings (SSSR count). The van der Waals surface area contributed by atoms with Crippen LogP contribution in [-0.4, -0.2) is 42.7 Å². The molecule has 1 aromatic carbocycles. The van der Waals surface area contributed by atoms with Crippen molar-refractivity contribution in [2.24, 2.45) is 5.73 Å². The summed E-state index contributed by atoms with van der Waals surface area (Å²) in [4.78, 5) is 13.1. The van der Waals surface area contributed by atoms with E-state index in [2.05, 4.69) is 0 Å². The van der Waals surface area contributed by atoms with Gasteiger partial charge in [0.05, 0.1) is 6.61 Å². The monoisotopic (exact) mass is 238 g/mol. The van der Waals surface area contributed by atoms with Crippen molar-refractivity contribution in [1.82, 2.24) is 4.90 Å². The van der Waals surface area contributed by atoms with Crippen LogP contribution in [0.15, 0.2) is 24.3 Å². The third-order valence-electron chi connectivity index (χ3n) is 2.31. The SMILES string of the molecule is CN(Cc1ccccc1O)C(=O)COCCN. The number of nitrogens with two attached hydrogens (primary N) is 1. The summed E-state index contributed by atoms with van der Waals surface area (Å²) in [7, 11) is 1.67. The minimum absolute atomic E-state index is 0.0152. The van der Waals surface area contributed by atoms with Gasteiger partial charge < -0.3 is 20.5 Å². The summed E-state index contributed by atoms with van der Waals surface area (Å²) >= 11 is 0. The van der Waals surface area contributed by atoms with Crippen LogP contribution in [0.4, 0.5) is 0 Å². The van der Waals surface area contributed by atoms with Crippen LogP contribution in [0.25, 0.3) is 0 Å². The second-order valence-corrected chi connectivity index (χ2v) is 3.72. The number of likely N-dealkylation sites (N-methyl/N-ethyl adjacent to an activating group) is 1. The number of carbonyl (C=O) groups excluding carboxylic acids is 1. The lowest BCUT2D eigenvalue weighted by Gasteiger charge is -2.17. The Morgan fingerprint density at radius 1 is 1.47 bits per heavy atom. The van der Waals surface area contributed by atoms with Crippen LogP contribution >= 0.6 is 0 Å². The van der Waals surface area contributed by atoms with Gasteiger partial charge in [0.15, 0.2) is 0 Å². The molecule has 0 saturated heterocycles. The zero-order valence-electron chi connectivity index (χ0n) is 9.93. The minimum Gasteiger partial charge on any atom is -0.508 e. The van der Waals surface area contributed by atoms with Crippen LogP contribution in [0.3, 0.4) is 0 Å². The molecule has 0 spiro atoms. The van der Waals surface area contributed by atoms with Gasteiger partial charge in [-0.15, -0.1) is 0 Å². The molecular formula is C12H18N2O3. The predicted molar refractivity (Wildman–Crippen MR) is 64.5 cm³/mol. The quantitative estimate of drug-likeness (QED) is 0.700. The Balaban J connectivity index is 2.46. The van der Waals surface area contributed by atoms with Gasteiger partial charge in [0.2, 0.25) is 5.91 Å². The van der Waals surface area contributed by atoms with Crippen LogP contribution in [0.1, 0.15) is 5.56 Å². The minimum atomic E-state index is -0.137. The van der Waals surface area contributed by atoms with E-state index >= 15 is 0 Å². The molecule has 0 aromatic heterocycles. The van der Waals surface area contributed by atoms with Crippen molar-refractivity contribution in [3.8, 4) is 5.75 Å². The number of nitrogens with zero attached hydrogens (tertiary/aromatic N) is 1. The zero-order chi connectivity index (χ0) is 12.7. The topological polar surface area (TPSA) is 75.8 Å². The van der Waals surface area contributed by atoms with E-state index in [0.717, 1.165) is 0 Å². The first-order valence-corrected chi connectivity index (χ1v) is 5.43. The number of aromatic hydroxyl groups is 1. The molecule has 0 aliphatic heterocycles. The summed E-state index contributed by atoms with van der Waals surface area (Å²) in [6.45, 7) is 1.14. The van der Waals surface area contributed by atoms with E-state index < -0.39 is 0 Å². The van der Waals surface area contributed by atoms with Crippen molar-refractivity contribution in [3.05, 3.63) is 29.8 Å². The van der Waals surface area contributed by atoms with Gasteiger partial charge in [-0.1, -0.05) is 18.2 Å². The summed E-state index contributed by atoms with van der Waals surface area (Å²) in [5.41, 5.74) is 5.96. The largest absolute Gasteiger partial charge is 0.508 e. The molecule has 0 heterocycles. The highest BCUT2D eigenvalue weighted by molar-refractivity contribution is 5.77. The van der Waals surface area contributed by atoms with E-state index in [1.54, 1.807) is 25.2 Å². The van der Waals surface area contributed by atoms with Gasteiger partial charge in [-0.05, 0) is 6.07 Å². The van der Waals surface area contributed by atoms with Gasteiger partial charge >= 0.3 is 0 Å². The maximum atomic E-state index is 11.6. The molecule has 5 heteroatoms. The highest BCUT2D eigenvalue weighted by Crippen LogP contribution is 2.16. The third kappa shape index (κ3) is 4.42. The van der Waals surface area contributed by atoms with E-state index in [-0.39, 0.29) is 18.3 Å². The Hall–Kier alpha value is -1.59. The average Bonchev–Trinajstić information content (AvgIpc) is 2.32. The van der Waals surface area contributed by atoms with Crippen molar-refractivity contribution in [2.45, 2.75) is 6.54 Å². The zero-order valence-corrected chi connectivity index (χ0v) is 9.93. The number of hydrogen-bond acceptors (Lipinski definition) is 4. The summed E-state index contributed by atoms with van der Waals surface area (Å²) in [6, 6.07) is 6.93. The third-order valence-corrected chi connectivity index (χ3v) is 2.31. The fraction of sp³-hybridized carbons (Fsp3) is 0.417. The van der Waals surface area contributed by atoms with Crippen LogP contribution in [-0.2, 0) is 16.1 Å². The lowest BCUT2D eigenvalue weighted by atomic mass is 10.2. The van der Waals surface area contributed by atoms with Gasteiger partial charge in [-0.25, -0.2) is 0 Å². The number of hydrogen-bond donors (Lipinski definition) is 2. The van der Waals surface area contributed by atoms with E-state index in [0.29, 0.717) is 25.3 Å². The molecule has 0 saturated carbocycles. The second kappa shape index (κ2) is 6.88. The standard InChI is InChI=1S/C12H18N2O3/c1-14(12(16)9-17-7-6-13)8-10-4-2-3-5-11(10)15/h2-5,15H,6-9,13H2,1H3. The van der Waals surface area contributed by atoms with Crippen molar-refractivity contribution in [3.63, 3.8) is 0 Å². The Morgan fingerprint density at radius 3 is 2.82 bits per heavy atom. The number of benzene rings is 1. The van der Waals surface area contributed by atoms with Crippen LogP contribution in [0.2, 0.25) is 0 Å². The van der Waals surface area contributed by atoms with Gasteiger partial charge in [-0.2, -0.15) is 0 Å². The first-order valence-electron chi connectivity index (χ1n) is 5.43. The Labute approximate surface area is 101 Å². The van der Waals surface area contributed by atoms with Gasteiger partial charge in [0.1, 0.15) is 12.4 Å². The van der Waals surface area contributed by atoms with Gasteiger partial charge in [-0.3, -0.25) is 4.79 Å². The van der Waals surface area contributed by atoms with Crippen LogP contribution in [0, 0.1) is 0 Å². The van der Waals surface area contributed by atoms with Gasteiger partial charge in [0.25, 0.3) is 0 Å². The lowest BCUT2D eigenvalue weighted by molar-refractivity contribution is -0.135. The number of rotatable bonds is 6. The smallest absolute Gasteiger partial charge is 0.248 e. The summed E-state index contributed by atoms with van der Waals surface area (Å²) in [6.07, 6.45) is 0. The Morgan fingerprint density at radius 2 is 2.18 bits per heavy atom. The fourth-order valence-electron chi connectivity index (χ4n) is 1.34. The molecule has 3 N–H and O–H groups in total. The normalized spacial score (nSPS) is 10.2. The number of ether oxygens (including phenoxy) is 1. The van der Waals surface area contributed by atoms with Gasteiger partial charge in [0, 0.05) is 25.7 Å². The van der Waals surface area contributed by atoms with E-state index in [1.807, 2.05) is 6.07 Å². The summed E-state index contributed by atoms with van der Waals surface area (Å²) in [5, 5.41) is 9.57. The highest BCUT2D eigenvalue weighted by atomic mass is 16.5. The first kappa shape index (κ1) is 13.5. The van der Waals surface area contributed by atoms with E-state index in [4.69, 9.17) is 10.5 Å². The van der Waals surface area contributed by atoms with Crippen LogP contribution < -0.4 is 5.73 Å². The summed E-state index contributed by atoms with van der Waals surface area (Å²) in [5.74, 6) is 0.0525. The Kier molecular flexibility index (Phi) is 5.45. The highest BCUT2D eigenvalue weighted by Gasteiger charge is 2.10. The van der Waals surface area contributed by atoms with Crippen molar-refractivity contribution in [1.29, 1.82) is 0 Å². The predicted octanol–water partition coefficient (Wildman–Crippen LogP) is 0.326. The number of carbonyl (C=O) groups is 1. The molecule has 0 aliphatic rings. The van der Waals surface area contributed by atoms with Crippen LogP contribution in [0.5, 0.6) is 5.75 Å². The molecule has 1 amide bonds. The molecule has 0 unspecified atom stereocenters. The lowest BCUT2D eigenvalue weighted by Crippen LogP contribution is -2.30. The van der Waals surface area contributed by atoms with E-state index in [1.165, 1.54) is 4.90 Å². The second-order valence-electron chi connectivity index (χ2n) is 3.72. The van der Waals surface area contributed by atoms with Crippen molar-refractivity contribution in [2.75, 3.05) is 26.8 Å². The van der Waals surface area contributed by atoms with Crippen molar-refractivity contribution >= 4 is 5.91 Å². The molecule has 0 radical (unpaired) electrons. The molecular weight excluding hydrogens is 220 g/mol. The molecule has 1 aromatic rings. The molecule has 5 nitrogen and oxygen atoms in total. The number of amides is 1. The maximum Gasteiger partial charge on any atom is 0.248 e. The van der Waals surface area contributed by atoms with Crippen molar-refractivity contribution < 1.29 is 14.6 Å². The molecule has 0 atom stereocenters. The Bertz CT molecular complexity index is 369. The molecule has 17 heavy (non-hydrogen) atoms. The van der Waals surface area contributed by atoms with E-state index in [9.17, 15) is 9.90 Å². The molecule has 94 valence electrons. The fourth-order valence-corrected chi connectivity index (χ4v) is 1.34.